The summed E-state index contributed by atoms with van der Waals surface area (Å²) in [5, 5.41) is 11.6. The molecular weight excluding hydrogens is 312 g/mol. The molecule has 3 N–H and O–H groups in total. The summed E-state index contributed by atoms with van der Waals surface area (Å²) in [5.74, 6) is 0.336. The Balaban J connectivity index is 1.82. The minimum absolute atomic E-state index is 0.0149. The number of carbonyl (C=O) groups excluding carboxylic acids is 1. The van der Waals surface area contributed by atoms with Crippen LogP contribution in [0.15, 0.2) is 35.3 Å². The number of aromatic amines is 2. The molecule has 0 bridgehead atoms. The van der Waals surface area contributed by atoms with E-state index in [1.165, 1.54) is 4.57 Å². The number of amides is 1. The van der Waals surface area contributed by atoms with Crippen molar-refractivity contribution in [2.45, 2.75) is 0 Å². The molecule has 1 amide bonds. The van der Waals surface area contributed by atoms with Gasteiger partial charge in [0, 0.05) is 11.6 Å². The van der Waals surface area contributed by atoms with E-state index < -0.39 is 0 Å². The zero-order chi connectivity index (χ0) is 16.3. The van der Waals surface area contributed by atoms with Gasteiger partial charge in [0.15, 0.2) is 17.9 Å². The lowest BCUT2D eigenvalue weighted by atomic mass is 10.2. The molecule has 0 radical (unpaired) electrons. The van der Waals surface area contributed by atoms with Crippen LogP contribution >= 0.6 is 0 Å². The van der Waals surface area contributed by atoms with Crippen molar-refractivity contribution in [3.63, 3.8) is 0 Å². The van der Waals surface area contributed by atoms with Gasteiger partial charge in [0.1, 0.15) is 11.3 Å². The highest BCUT2D eigenvalue weighted by Crippen LogP contribution is 2.31. The van der Waals surface area contributed by atoms with Crippen molar-refractivity contribution in [2.24, 2.45) is 0 Å². The molecule has 1 aliphatic heterocycles. The summed E-state index contributed by atoms with van der Waals surface area (Å²) in [5.41, 5.74) is 2.38. The van der Waals surface area contributed by atoms with E-state index in [2.05, 4.69) is 25.5 Å². The van der Waals surface area contributed by atoms with Crippen LogP contribution in [-0.4, -0.2) is 37.2 Å². The van der Waals surface area contributed by atoms with Gasteiger partial charge in [-0.25, -0.2) is 4.79 Å². The van der Waals surface area contributed by atoms with E-state index in [9.17, 15) is 9.59 Å². The third-order valence-corrected chi connectivity index (χ3v) is 3.96. The van der Waals surface area contributed by atoms with Crippen molar-refractivity contribution in [3.8, 4) is 11.4 Å². The first-order valence-corrected chi connectivity index (χ1v) is 7.22. The number of fused-ring (bicyclic) bond motifs is 4. The molecule has 4 aromatic rings. The number of rotatable bonds is 1. The summed E-state index contributed by atoms with van der Waals surface area (Å²) < 4.78 is 6.85. The number of anilines is 1. The van der Waals surface area contributed by atoms with Gasteiger partial charge < -0.3 is 15.0 Å². The van der Waals surface area contributed by atoms with E-state index in [0.29, 0.717) is 33.9 Å². The predicted molar refractivity (Wildman–Crippen MR) is 85.5 cm³/mol. The average molecular weight is 322 g/mol. The van der Waals surface area contributed by atoms with Gasteiger partial charge in [-0.15, -0.1) is 10.2 Å². The van der Waals surface area contributed by atoms with E-state index in [4.69, 9.17) is 4.74 Å². The lowest BCUT2D eigenvalue weighted by Gasteiger charge is -2.18. The zero-order valence-electron chi connectivity index (χ0n) is 12.2. The van der Waals surface area contributed by atoms with Crippen LogP contribution in [0, 0.1) is 0 Å². The maximum Gasteiger partial charge on any atom is 0.332 e. The van der Waals surface area contributed by atoms with Crippen molar-refractivity contribution >= 4 is 33.8 Å². The Morgan fingerprint density at radius 3 is 2.92 bits per heavy atom. The summed E-state index contributed by atoms with van der Waals surface area (Å²) >= 11 is 0. The number of nitrogens with zero attached hydrogens (tertiary/aromatic N) is 3. The molecule has 0 aliphatic carbocycles. The normalized spacial score (nSPS) is 13.8. The minimum Gasteiger partial charge on any atom is -0.482 e. The number of carbonyl (C=O) groups is 1. The fourth-order valence-electron chi connectivity index (χ4n) is 2.94. The van der Waals surface area contributed by atoms with Gasteiger partial charge in [-0.2, -0.15) is 0 Å². The molecule has 0 saturated carbocycles. The minimum atomic E-state index is -0.337. The molecule has 1 aliphatic rings. The average Bonchev–Trinajstić information content (AvgIpc) is 3.16. The Bertz CT molecular complexity index is 1190. The van der Waals surface area contributed by atoms with Crippen LogP contribution in [-0.2, 0) is 4.79 Å². The molecule has 0 spiro atoms. The fourth-order valence-corrected chi connectivity index (χ4v) is 2.94. The number of hydrogen-bond donors (Lipinski definition) is 3. The molecule has 0 saturated heterocycles. The maximum absolute atomic E-state index is 12.4. The molecule has 1 aromatic carbocycles. The summed E-state index contributed by atoms with van der Waals surface area (Å²) in [6.45, 7) is -0.0149. The van der Waals surface area contributed by atoms with Crippen LogP contribution in [0.1, 0.15) is 0 Å². The van der Waals surface area contributed by atoms with Crippen molar-refractivity contribution in [2.75, 3.05) is 11.9 Å². The zero-order valence-corrected chi connectivity index (χ0v) is 12.2. The second-order valence-corrected chi connectivity index (χ2v) is 5.42. The quantitative estimate of drug-likeness (QED) is 0.482. The first-order valence-electron chi connectivity index (χ1n) is 7.22. The highest BCUT2D eigenvalue weighted by atomic mass is 16.5. The third kappa shape index (κ3) is 1.69. The number of benzene rings is 1. The number of imidazole rings is 1. The van der Waals surface area contributed by atoms with Crippen molar-refractivity contribution < 1.29 is 9.53 Å². The van der Waals surface area contributed by atoms with Gasteiger partial charge >= 0.3 is 5.69 Å². The standard InChI is InChI=1S/C15H10N6O3/c22-11-6-24-10-2-1-7(5-9(10)17-11)21-12-8-3-4-16-13(8)19-20-14(12)18-15(21)23/h1-5H,6H2,(H,16,19)(H,17,22)(H,18,20,23). The van der Waals surface area contributed by atoms with Gasteiger partial charge in [0.2, 0.25) is 0 Å². The molecule has 9 nitrogen and oxygen atoms in total. The van der Waals surface area contributed by atoms with E-state index in [-0.39, 0.29) is 18.2 Å². The molecule has 0 atom stereocenters. The largest absolute Gasteiger partial charge is 0.482 e. The molecule has 3 aromatic heterocycles. The monoisotopic (exact) mass is 322 g/mol. The van der Waals surface area contributed by atoms with Gasteiger partial charge in [-0.1, -0.05) is 0 Å². The van der Waals surface area contributed by atoms with Crippen LogP contribution in [0.5, 0.6) is 5.75 Å². The molecule has 4 heterocycles. The number of nitrogens with one attached hydrogen (secondary N) is 3. The van der Waals surface area contributed by atoms with Crippen LogP contribution < -0.4 is 15.7 Å². The van der Waals surface area contributed by atoms with Gasteiger partial charge in [-0.3, -0.25) is 14.3 Å². The van der Waals surface area contributed by atoms with E-state index in [1.807, 2.05) is 6.07 Å². The first-order chi connectivity index (χ1) is 11.7. The van der Waals surface area contributed by atoms with Crippen molar-refractivity contribution in [1.82, 2.24) is 24.7 Å². The molecular formula is C15H10N6O3. The first kappa shape index (κ1) is 12.9. The highest BCUT2D eigenvalue weighted by molar-refractivity contribution is 6.00. The number of ether oxygens (including phenoxy) is 1. The molecule has 0 fully saturated rings. The van der Waals surface area contributed by atoms with Crippen LogP contribution in [0.3, 0.4) is 0 Å². The van der Waals surface area contributed by atoms with Crippen LogP contribution in [0.4, 0.5) is 5.69 Å². The predicted octanol–water partition coefficient (Wildman–Crippen LogP) is 0.921. The van der Waals surface area contributed by atoms with E-state index in [1.54, 1.807) is 24.4 Å². The number of aromatic nitrogens is 5. The Kier molecular flexibility index (Phi) is 2.38. The van der Waals surface area contributed by atoms with E-state index >= 15 is 0 Å². The Hall–Kier alpha value is -3.62. The number of H-pyrrole nitrogens is 2. The maximum atomic E-state index is 12.4. The summed E-state index contributed by atoms with van der Waals surface area (Å²) in [4.78, 5) is 29.6. The second kappa shape index (κ2) is 4.44. The van der Waals surface area contributed by atoms with Crippen LogP contribution in [0.2, 0.25) is 0 Å². The fraction of sp³-hybridized carbons (Fsp3) is 0.0667. The lowest BCUT2D eigenvalue weighted by Crippen LogP contribution is -2.25. The summed E-state index contributed by atoms with van der Waals surface area (Å²) in [7, 11) is 0. The van der Waals surface area contributed by atoms with Gasteiger partial charge in [0.25, 0.3) is 5.91 Å². The lowest BCUT2D eigenvalue weighted by molar-refractivity contribution is -0.118. The highest BCUT2D eigenvalue weighted by Gasteiger charge is 2.19. The van der Waals surface area contributed by atoms with Crippen molar-refractivity contribution in [1.29, 1.82) is 0 Å². The summed E-state index contributed by atoms with van der Waals surface area (Å²) in [6.07, 6.45) is 1.74. The second-order valence-electron chi connectivity index (χ2n) is 5.42. The third-order valence-electron chi connectivity index (χ3n) is 3.96. The summed E-state index contributed by atoms with van der Waals surface area (Å²) in [6, 6.07) is 7.00. The molecule has 5 rings (SSSR count). The van der Waals surface area contributed by atoms with Gasteiger partial charge in [-0.05, 0) is 24.3 Å². The molecule has 0 unspecified atom stereocenters. The Morgan fingerprint density at radius 2 is 2.00 bits per heavy atom. The smallest absolute Gasteiger partial charge is 0.332 e. The Morgan fingerprint density at radius 1 is 1.12 bits per heavy atom. The van der Waals surface area contributed by atoms with Gasteiger partial charge in [0.05, 0.1) is 11.4 Å². The van der Waals surface area contributed by atoms with Crippen molar-refractivity contribution in [3.05, 3.63) is 40.9 Å². The number of hydrogen-bond acceptors (Lipinski definition) is 5. The van der Waals surface area contributed by atoms with E-state index in [0.717, 1.165) is 5.39 Å². The molecule has 9 heteroatoms. The Labute approximate surface area is 133 Å². The topological polar surface area (TPSA) is 118 Å². The molecule has 118 valence electrons. The molecule has 24 heavy (non-hydrogen) atoms. The van der Waals surface area contributed by atoms with Crippen LogP contribution in [0.25, 0.3) is 27.9 Å². The SMILES string of the molecule is O=C1COc2ccc(-n3c(=O)[nH]c4nnc5[nH]ccc5c43)cc2N1.